The Labute approximate surface area is 391 Å². The van der Waals surface area contributed by atoms with Gasteiger partial charge in [-0.2, -0.15) is 0 Å². The SMILES string of the molecule is CO[C@H]1/C=C\O[C@@]2(C)Oc3c(C)c(O)c4c(O)c(c5c(c4c3C2=O)=NC2(CCN(CC(C)C)CC2)N=5)NC(=O)/C(C)=C\C=C/[C@H](C)[C@H](O)[C@@H](C)[C@@H](O)[C@@H](C)[C@H](OC(=O)NN2CCOCC2)[C@@H]1C. The molecule has 1 spiro atoms. The van der Waals surface area contributed by atoms with E-state index in [9.17, 15) is 34.8 Å². The molecule has 67 heavy (non-hydrogen) atoms. The summed E-state index contributed by atoms with van der Waals surface area (Å²) in [6, 6.07) is 0. The van der Waals surface area contributed by atoms with Gasteiger partial charge in [-0.3, -0.25) is 25.0 Å². The third kappa shape index (κ3) is 9.79. The molecule has 8 rings (SSSR count). The van der Waals surface area contributed by atoms with E-state index >= 15 is 0 Å². The number of fused-ring (bicyclic) bond motifs is 13. The number of likely N-dealkylation sites (tertiary alicyclic amines) is 1. The van der Waals surface area contributed by atoms with Gasteiger partial charge in [0.05, 0.1) is 54.1 Å². The van der Waals surface area contributed by atoms with Crippen molar-refractivity contribution in [3.63, 3.8) is 0 Å². The lowest BCUT2D eigenvalue weighted by molar-refractivity contribution is -0.112. The summed E-state index contributed by atoms with van der Waals surface area (Å²) in [6.45, 7) is 20.0. The first kappa shape index (κ1) is 49.8. The number of hydrogen-bond donors (Lipinski definition) is 6. The summed E-state index contributed by atoms with van der Waals surface area (Å²) in [5.41, 5.74) is 2.15. The second-order valence-electron chi connectivity index (χ2n) is 19.5. The molecule has 6 N–H and O–H groups in total. The first-order valence-corrected chi connectivity index (χ1v) is 23.4. The van der Waals surface area contributed by atoms with E-state index in [2.05, 4.69) is 29.5 Å². The second kappa shape index (κ2) is 19.9. The van der Waals surface area contributed by atoms with E-state index < -0.39 is 83.1 Å². The minimum Gasteiger partial charge on any atom is -0.507 e. The van der Waals surface area contributed by atoms with Gasteiger partial charge < -0.3 is 54.3 Å². The topological polar surface area (TPSA) is 234 Å². The average molecular weight is 933 g/mol. The third-order valence-electron chi connectivity index (χ3n) is 14.1. The highest BCUT2D eigenvalue weighted by Crippen LogP contribution is 2.50. The summed E-state index contributed by atoms with van der Waals surface area (Å²) in [6.07, 6.45) is 4.01. The van der Waals surface area contributed by atoms with Gasteiger partial charge in [-0.1, -0.05) is 59.8 Å². The monoisotopic (exact) mass is 932 g/mol. The van der Waals surface area contributed by atoms with Gasteiger partial charge in [-0.15, -0.1) is 0 Å². The second-order valence-corrected chi connectivity index (χ2v) is 19.5. The maximum Gasteiger partial charge on any atom is 0.422 e. The first-order chi connectivity index (χ1) is 31.7. The molecule has 0 aromatic heterocycles. The van der Waals surface area contributed by atoms with Crippen LogP contribution < -0.4 is 26.2 Å². The van der Waals surface area contributed by atoms with Crippen molar-refractivity contribution in [2.24, 2.45) is 39.6 Å². The summed E-state index contributed by atoms with van der Waals surface area (Å²) in [5.74, 6) is -6.18. The number of hydrogen-bond acceptors (Lipinski definition) is 16. The summed E-state index contributed by atoms with van der Waals surface area (Å²) in [4.78, 5) is 55.0. The zero-order valence-electron chi connectivity index (χ0n) is 40.3. The van der Waals surface area contributed by atoms with Crippen molar-refractivity contribution in [1.82, 2.24) is 15.3 Å². The van der Waals surface area contributed by atoms with Crippen LogP contribution in [0.1, 0.15) is 84.2 Å². The number of anilines is 1. The lowest BCUT2D eigenvalue weighted by atomic mass is 9.78. The van der Waals surface area contributed by atoms with Crippen LogP contribution in [0.3, 0.4) is 0 Å². The molecule has 2 fully saturated rings. The Bertz CT molecular complexity index is 2460. The van der Waals surface area contributed by atoms with Crippen LogP contribution in [0, 0.1) is 36.5 Å². The fraction of sp³-hybridized carbons (Fsp3) is 0.612. The Morgan fingerprint density at radius 1 is 0.940 bits per heavy atom. The normalized spacial score (nSPS) is 32.4. The van der Waals surface area contributed by atoms with E-state index in [1.54, 1.807) is 70.9 Å². The number of aliphatic hydroxyl groups is 2. The molecule has 18 heteroatoms. The fourth-order valence-corrected chi connectivity index (χ4v) is 9.96. The van der Waals surface area contributed by atoms with Crippen LogP contribution in [-0.2, 0) is 23.7 Å². The van der Waals surface area contributed by atoms with Crippen LogP contribution >= 0.6 is 0 Å². The van der Waals surface area contributed by atoms with Gasteiger partial charge in [0.2, 0.25) is 0 Å². The standard InChI is InChI=1S/C49H68N6O12/c1-25(2)24-54-17-15-49(16-18-54)51-36-33-34-41(58)31(8)44-35(33)45(60)48(9,67-44)65-21-14-32(63-10)28(5)43(66-47(62)53-55-19-22-64-23-20-55)30(7)40(57)29(6)39(56)26(3)12-11-13-27(4)46(61)50-38(42(34)59)37(36)52-49/h11-14,21,25-26,28-30,32,39-40,43,56-59H,15-20,22-24H2,1-10H3,(H,50,61)(H,53,62)/b12-11-,21-14-,27-13-/t26-,28+,29+,30+,32-,39-,40+,43+,48-/m0/s1. The number of rotatable bonds is 5. The van der Waals surface area contributed by atoms with Crippen molar-refractivity contribution in [2.75, 3.05) is 58.4 Å². The van der Waals surface area contributed by atoms with Crippen LogP contribution in [-0.4, -0.2) is 137 Å². The number of ketones is 1. The molecule has 5 bridgehead atoms. The summed E-state index contributed by atoms with van der Waals surface area (Å²) >= 11 is 0. The van der Waals surface area contributed by atoms with E-state index in [1.165, 1.54) is 20.3 Å². The van der Waals surface area contributed by atoms with Crippen molar-refractivity contribution in [2.45, 2.75) is 111 Å². The first-order valence-electron chi connectivity index (χ1n) is 23.4. The van der Waals surface area contributed by atoms with Crippen LogP contribution in [0.15, 0.2) is 46.1 Å². The number of allylic oxidation sites excluding steroid dienone is 2. The molecule has 6 aliphatic rings. The van der Waals surface area contributed by atoms with Gasteiger partial charge >= 0.3 is 11.9 Å². The van der Waals surface area contributed by atoms with Crippen LogP contribution in [0.5, 0.6) is 17.2 Å². The molecule has 2 saturated heterocycles. The molecular formula is C49H68N6O12. The molecule has 6 aliphatic heterocycles. The van der Waals surface area contributed by atoms with Crippen LogP contribution in [0.2, 0.25) is 0 Å². The lowest BCUT2D eigenvalue weighted by Gasteiger charge is -2.38. The highest BCUT2D eigenvalue weighted by molar-refractivity contribution is 6.19. The smallest absolute Gasteiger partial charge is 0.422 e. The van der Waals surface area contributed by atoms with Gasteiger partial charge in [-0.05, 0) is 25.8 Å². The number of carbonyl (C=O) groups excluding carboxylic acids is 3. The molecule has 2 aromatic rings. The number of ether oxygens (including phenoxy) is 5. The molecule has 9 atom stereocenters. The Hall–Kier alpha value is -5.11. The number of piperidine rings is 1. The predicted octanol–water partition coefficient (Wildman–Crippen LogP) is 4.16. The van der Waals surface area contributed by atoms with Gasteiger partial charge in [0, 0.05) is 99.8 Å². The molecule has 0 unspecified atom stereocenters. The molecule has 2 aromatic carbocycles. The number of amides is 2. The fourth-order valence-electron chi connectivity index (χ4n) is 9.96. The number of benzene rings is 2. The quantitative estimate of drug-likeness (QED) is 0.231. The Kier molecular flexibility index (Phi) is 14.8. The summed E-state index contributed by atoms with van der Waals surface area (Å²) < 4.78 is 29.9. The molecule has 0 aliphatic carbocycles. The van der Waals surface area contributed by atoms with Gasteiger partial charge in [-0.25, -0.2) is 9.80 Å². The number of aromatic hydroxyl groups is 2. The molecular weight excluding hydrogens is 865 g/mol. The number of hydrazine groups is 1. The molecule has 0 saturated carbocycles. The zero-order chi connectivity index (χ0) is 48.7. The molecule has 0 radical (unpaired) electrons. The minimum absolute atomic E-state index is 0.0270. The van der Waals surface area contributed by atoms with Crippen molar-refractivity contribution < 1.29 is 58.5 Å². The van der Waals surface area contributed by atoms with Crippen molar-refractivity contribution in [3.05, 3.63) is 58.0 Å². The number of aliphatic hydroxyl groups excluding tert-OH is 2. The zero-order valence-corrected chi connectivity index (χ0v) is 40.3. The number of carbonyl (C=O) groups is 3. The third-order valence-corrected chi connectivity index (χ3v) is 14.1. The number of phenolic OH excluding ortho intramolecular Hbond substituents is 2. The number of Topliss-reactive ketones (excluding diaryl/α,β-unsaturated/α-hetero) is 1. The van der Waals surface area contributed by atoms with Crippen LogP contribution in [0.4, 0.5) is 10.5 Å². The number of nitrogens with zero attached hydrogens (tertiary/aromatic N) is 4. The summed E-state index contributed by atoms with van der Waals surface area (Å²) in [5, 5.41) is 52.5. The average Bonchev–Trinajstić information content (AvgIpc) is 3.80. The van der Waals surface area contributed by atoms with Gasteiger partial charge in [0.25, 0.3) is 11.7 Å². The van der Waals surface area contributed by atoms with E-state index in [4.69, 9.17) is 33.7 Å². The van der Waals surface area contributed by atoms with Gasteiger partial charge in [0.1, 0.15) is 28.6 Å². The highest BCUT2D eigenvalue weighted by atomic mass is 16.7. The number of nitrogens with one attached hydrogen (secondary N) is 2. The summed E-state index contributed by atoms with van der Waals surface area (Å²) in [7, 11) is 1.47. The van der Waals surface area contributed by atoms with Crippen molar-refractivity contribution >= 4 is 34.2 Å². The molecule has 18 nitrogen and oxygen atoms in total. The van der Waals surface area contributed by atoms with Crippen molar-refractivity contribution in [1.29, 1.82) is 0 Å². The van der Waals surface area contributed by atoms with E-state index in [1.807, 2.05) is 0 Å². The Morgan fingerprint density at radius 2 is 1.61 bits per heavy atom. The van der Waals surface area contributed by atoms with E-state index in [0.717, 1.165) is 6.54 Å². The largest absolute Gasteiger partial charge is 0.507 e. The maximum absolute atomic E-state index is 14.9. The Balaban J connectivity index is 1.34. The lowest BCUT2D eigenvalue weighted by Crippen LogP contribution is -2.52. The maximum atomic E-state index is 14.9. The molecule has 366 valence electrons. The Morgan fingerprint density at radius 3 is 2.27 bits per heavy atom. The highest BCUT2D eigenvalue weighted by Gasteiger charge is 2.50. The number of methoxy groups -OCH3 is 1. The van der Waals surface area contributed by atoms with Crippen LogP contribution in [0.25, 0.3) is 10.8 Å². The minimum atomic E-state index is -1.99. The number of phenols is 2. The number of morpholine rings is 1. The predicted molar refractivity (Wildman–Crippen MR) is 248 cm³/mol. The van der Waals surface area contributed by atoms with E-state index in [-0.39, 0.29) is 55.4 Å². The van der Waals surface area contributed by atoms with Crippen molar-refractivity contribution in [3.8, 4) is 17.2 Å². The molecule has 2 amide bonds. The van der Waals surface area contributed by atoms with E-state index in [0.29, 0.717) is 58.2 Å². The van der Waals surface area contributed by atoms with Gasteiger partial charge in [0.15, 0.2) is 11.4 Å². The molecule has 6 heterocycles.